The Morgan fingerprint density at radius 1 is 0.681 bits per heavy atom. The first-order valence-electron chi connectivity index (χ1n) is 15.1. The van der Waals surface area contributed by atoms with E-state index in [0.717, 1.165) is 21.9 Å². The first-order chi connectivity index (χ1) is 22.6. The molecule has 0 saturated heterocycles. The number of nitrogens with one attached hydrogen (secondary N) is 3. The average Bonchev–Trinajstić information content (AvgIpc) is 3.06. The van der Waals surface area contributed by atoms with E-state index in [-0.39, 0.29) is 23.8 Å². The standard InChI is InChI=1S/C37H37N3O6S/c1-37(2,26-45-24-27-14-5-3-6-15-27)34(46-25-28-16-7-4-8-17-28)35(41)38-32-21-11-12-23-33(32)47(43,44)40-36(42)39-31-22-13-19-29-18-9-10-20-30(29)31/h3-23,34H,24-26H2,1-2H3,(H,38,41)(H2,39,40,42). The molecule has 3 N–H and O–H groups in total. The van der Waals surface area contributed by atoms with Gasteiger partial charge in [0.2, 0.25) is 0 Å². The first kappa shape index (κ1) is 33.3. The van der Waals surface area contributed by atoms with Crippen molar-refractivity contribution in [3.8, 4) is 0 Å². The fourth-order valence-electron chi connectivity index (χ4n) is 5.15. The largest absolute Gasteiger partial charge is 0.376 e. The number of benzene rings is 5. The highest BCUT2D eigenvalue weighted by Gasteiger charge is 2.37. The second-order valence-electron chi connectivity index (χ2n) is 11.7. The molecule has 0 heterocycles. The summed E-state index contributed by atoms with van der Waals surface area (Å²) in [6.45, 7) is 4.40. The number of hydrogen-bond acceptors (Lipinski definition) is 6. The maximum Gasteiger partial charge on any atom is 0.333 e. The van der Waals surface area contributed by atoms with E-state index in [1.165, 1.54) is 18.2 Å². The molecule has 0 spiro atoms. The molecule has 1 unspecified atom stereocenters. The van der Waals surface area contributed by atoms with Gasteiger partial charge in [-0.3, -0.25) is 4.79 Å². The van der Waals surface area contributed by atoms with Crippen LogP contribution in [-0.4, -0.2) is 33.1 Å². The molecule has 5 aromatic carbocycles. The molecule has 0 aliphatic rings. The summed E-state index contributed by atoms with van der Waals surface area (Å²) < 4.78 is 41.2. The topological polar surface area (TPSA) is 123 Å². The Morgan fingerprint density at radius 3 is 1.98 bits per heavy atom. The van der Waals surface area contributed by atoms with Gasteiger partial charge in [0.05, 0.1) is 31.2 Å². The summed E-state index contributed by atoms with van der Waals surface area (Å²) in [6, 6.07) is 36.8. The molecule has 3 amide bonds. The number of carbonyl (C=O) groups is 2. The molecule has 0 radical (unpaired) electrons. The van der Waals surface area contributed by atoms with E-state index in [1.807, 2.05) is 105 Å². The minimum atomic E-state index is -4.41. The minimum Gasteiger partial charge on any atom is -0.376 e. The molecule has 9 nitrogen and oxygen atoms in total. The number of urea groups is 1. The Labute approximate surface area is 275 Å². The highest BCUT2D eigenvalue weighted by molar-refractivity contribution is 7.90. The van der Waals surface area contributed by atoms with Gasteiger partial charge in [0, 0.05) is 10.8 Å². The Bertz CT molecular complexity index is 1930. The van der Waals surface area contributed by atoms with Gasteiger partial charge in [0.25, 0.3) is 15.9 Å². The molecule has 5 aromatic rings. The van der Waals surface area contributed by atoms with Gasteiger partial charge < -0.3 is 20.1 Å². The Morgan fingerprint density at radius 2 is 1.26 bits per heavy atom. The van der Waals surface area contributed by atoms with Crippen LogP contribution in [0.15, 0.2) is 132 Å². The SMILES string of the molecule is CC(C)(COCc1ccccc1)C(OCc1ccccc1)C(=O)Nc1ccccc1S(=O)(=O)NC(=O)Nc1cccc2ccccc12. The highest BCUT2D eigenvalue weighted by atomic mass is 32.2. The van der Waals surface area contributed by atoms with Crippen LogP contribution in [0.2, 0.25) is 0 Å². The Hall–Kier alpha value is -5.03. The molecule has 0 fully saturated rings. The molecule has 0 bridgehead atoms. The third-order valence-electron chi connectivity index (χ3n) is 7.49. The van der Waals surface area contributed by atoms with E-state index in [9.17, 15) is 18.0 Å². The zero-order valence-electron chi connectivity index (χ0n) is 26.2. The maximum atomic E-state index is 13.9. The van der Waals surface area contributed by atoms with Gasteiger partial charge in [-0.2, -0.15) is 0 Å². The number of ether oxygens (including phenoxy) is 2. The number of anilines is 2. The Balaban J connectivity index is 1.32. The highest BCUT2D eigenvalue weighted by Crippen LogP contribution is 2.29. The van der Waals surface area contributed by atoms with E-state index < -0.39 is 33.5 Å². The normalized spacial score (nSPS) is 12.3. The lowest BCUT2D eigenvalue weighted by Gasteiger charge is -2.33. The zero-order chi connectivity index (χ0) is 33.3. The smallest absolute Gasteiger partial charge is 0.333 e. The van der Waals surface area contributed by atoms with Gasteiger partial charge in [-0.05, 0) is 34.7 Å². The van der Waals surface area contributed by atoms with Crippen LogP contribution in [0.4, 0.5) is 16.2 Å². The number of carbonyl (C=O) groups excluding carboxylic acids is 2. The molecule has 5 rings (SSSR count). The number of sulfonamides is 1. The summed E-state index contributed by atoms with van der Waals surface area (Å²) in [5, 5.41) is 7.01. The van der Waals surface area contributed by atoms with Crippen molar-refractivity contribution in [3.63, 3.8) is 0 Å². The predicted octanol–water partition coefficient (Wildman–Crippen LogP) is 7.12. The van der Waals surface area contributed by atoms with Gasteiger partial charge in [0.1, 0.15) is 11.0 Å². The summed E-state index contributed by atoms with van der Waals surface area (Å²) in [5.41, 5.74) is 1.49. The molecule has 47 heavy (non-hydrogen) atoms. The van der Waals surface area contributed by atoms with Gasteiger partial charge in [-0.25, -0.2) is 17.9 Å². The maximum absolute atomic E-state index is 13.9. The van der Waals surface area contributed by atoms with Crippen molar-refractivity contribution >= 4 is 44.1 Å². The number of hydrogen-bond donors (Lipinski definition) is 3. The number of fused-ring (bicyclic) bond motifs is 1. The van der Waals surface area contributed by atoms with Crippen LogP contribution in [0.25, 0.3) is 10.8 Å². The molecule has 0 aliphatic heterocycles. The third kappa shape index (κ3) is 8.82. The molecular weight excluding hydrogens is 614 g/mol. The molecular formula is C37H37N3O6S. The van der Waals surface area contributed by atoms with Crippen molar-refractivity contribution in [1.82, 2.24) is 4.72 Å². The van der Waals surface area contributed by atoms with E-state index >= 15 is 0 Å². The van der Waals surface area contributed by atoms with Crippen molar-refractivity contribution in [2.75, 3.05) is 17.2 Å². The first-order valence-corrected chi connectivity index (χ1v) is 16.6. The van der Waals surface area contributed by atoms with Crippen molar-refractivity contribution in [3.05, 3.63) is 139 Å². The van der Waals surface area contributed by atoms with Crippen LogP contribution < -0.4 is 15.4 Å². The minimum absolute atomic E-state index is 0.00252. The van der Waals surface area contributed by atoms with Gasteiger partial charge >= 0.3 is 6.03 Å². The lowest BCUT2D eigenvalue weighted by molar-refractivity contribution is -0.141. The molecule has 10 heteroatoms. The molecule has 0 aliphatic carbocycles. The molecule has 0 aromatic heterocycles. The summed E-state index contributed by atoms with van der Waals surface area (Å²) in [6.07, 6.45) is -1.03. The van der Waals surface area contributed by atoms with Crippen LogP contribution in [0.3, 0.4) is 0 Å². The van der Waals surface area contributed by atoms with Crippen LogP contribution in [0.5, 0.6) is 0 Å². The third-order valence-corrected chi connectivity index (χ3v) is 8.88. The van der Waals surface area contributed by atoms with Crippen LogP contribution in [0, 0.1) is 5.41 Å². The molecule has 1 atom stereocenters. The zero-order valence-corrected chi connectivity index (χ0v) is 27.0. The van der Waals surface area contributed by atoms with Gasteiger partial charge in [-0.1, -0.05) is 123 Å². The summed E-state index contributed by atoms with van der Waals surface area (Å²) >= 11 is 0. The summed E-state index contributed by atoms with van der Waals surface area (Å²) in [4.78, 5) is 26.5. The van der Waals surface area contributed by atoms with Crippen molar-refractivity contribution in [2.24, 2.45) is 5.41 Å². The Kier molecular flexibility index (Phi) is 10.7. The summed E-state index contributed by atoms with van der Waals surface area (Å²) in [5.74, 6) is -0.558. The van der Waals surface area contributed by atoms with E-state index in [0.29, 0.717) is 12.3 Å². The van der Waals surface area contributed by atoms with E-state index in [2.05, 4.69) is 15.4 Å². The average molecular weight is 652 g/mol. The van der Waals surface area contributed by atoms with Crippen molar-refractivity contribution in [1.29, 1.82) is 0 Å². The lowest BCUT2D eigenvalue weighted by Crippen LogP contribution is -2.45. The van der Waals surface area contributed by atoms with Crippen LogP contribution >= 0.6 is 0 Å². The van der Waals surface area contributed by atoms with Crippen LogP contribution in [-0.2, 0) is 37.5 Å². The fraction of sp³-hybridized carbons (Fsp3) is 0.189. The number of para-hydroxylation sites is 1. The summed E-state index contributed by atoms with van der Waals surface area (Å²) in [7, 11) is -4.41. The predicted molar refractivity (Wildman–Crippen MR) is 183 cm³/mol. The van der Waals surface area contributed by atoms with Gasteiger partial charge in [-0.15, -0.1) is 0 Å². The fourth-order valence-corrected chi connectivity index (χ4v) is 6.22. The van der Waals surface area contributed by atoms with E-state index in [1.54, 1.807) is 18.2 Å². The number of amides is 3. The number of rotatable bonds is 13. The quantitative estimate of drug-likeness (QED) is 0.125. The van der Waals surface area contributed by atoms with Crippen molar-refractivity contribution < 1.29 is 27.5 Å². The second kappa shape index (κ2) is 15.0. The van der Waals surface area contributed by atoms with Crippen LogP contribution in [0.1, 0.15) is 25.0 Å². The second-order valence-corrected chi connectivity index (χ2v) is 13.4. The van der Waals surface area contributed by atoms with E-state index in [4.69, 9.17) is 9.47 Å². The monoisotopic (exact) mass is 651 g/mol. The van der Waals surface area contributed by atoms with Gasteiger partial charge in [0.15, 0.2) is 0 Å². The molecule has 242 valence electrons. The lowest BCUT2D eigenvalue weighted by atomic mass is 9.86. The molecule has 0 saturated carbocycles. The van der Waals surface area contributed by atoms with Crippen molar-refractivity contribution in [2.45, 2.75) is 38.1 Å².